The van der Waals surface area contributed by atoms with Gasteiger partial charge in [0.2, 0.25) is 0 Å². The molecule has 110 valence electrons. The number of hydrogen-bond acceptors (Lipinski definition) is 4. The first-order valence-corrected chi connectivity index (χ1v) is 6.77. The molecule has 0 bridgehead atoms. The van der Waals surface area contributed by atoms with E-state index < -0.39 is 5.82 Å². The average Bonchev–Trinajstić information content (AvgIpc) is 2.85. The van der Waals surface area contributed by atoms with Gasteiger partial charge in [-0.15, -0.1) is 0 Å². The van der Waals surface area contributed by atoms with Crippen LogP contribution in [-0.2, 0) is 6.54 Å². The van der Waals surface area contributed by atoms with Crippen LogP contribution >= 0.6 is 0 Å². The molecule has 0 aromatic heterocycles. The molecule has 1 aliphatic carbocycles. The van der Waals surface area contributed by atoms with Gasteiger partial charge in [-0.1, -0.05) is 23.7 Å². The van der Waals surface area contributed by atoms with E-state index in [-0.39, 0.29) is 23.4 Å². The Morgan fingerprint density at radius 3 is 2.90 bits per heavy atom. The fourth-order valence-electron chi connectivity index (χ4n) is 2.62. The second-order valence-electron chi connectivity index (χ2n) is 5.15. The first-order chi connectivity index (χ1) is 9.63. The smallest absolute Gasteiger partial charge is 0.173 e. The van der Waals surface area contributed by atoms with E-state index in [1.807, 2.05) is 0 Å². The highest BCUT2D eigenvalue weighted by Gasteiger charge is 2.24. The monoisotopic (exact) mass is 281 g/mol. The molecule has 0 amide bonds. The van der Waals surface area contributed by atoms with Gasteiger partial charge in [0.25, 0.3) is 0 Å². The third kappa shape index (κ3) is 3.26. The number of nitrogens with two attached hydrogens (primary N) is 1. The highest BCUT2D eigenvalue weighted by atomic mass is 19.1. The largest absolute Gasteiger partial charge is 0.409 e. The van der Waals surface area contributed by atoms with E-state index in [2.05, 4.69) is 10.5 Å². The Morgan fingerprint density at radius 1 is 1.45 bits per heavy atom. The maximum absolute atomic E-state index is 14.1. The summed E-state index contributed by atoms with van der Waals surface area (Å²) >= 11 is 0. The van der Waals surface area contributed by atoms with Crippen LogP contribution in [-0.4, -0.2) is 28.8 Å². The summed E-state index contributed by atoms with van der Waals surface area (Å²) in [6, 6.07) is 4.79. The minimum Gasteiger partial charge on any atom is -0.409 e. The van der Waals surface area contributed by atoms with Gasteiger partial charge in [0.1, 0.15) is 5.82 Å². The normalized spacial score (nSPS) is 23.2. The van der Waals surface area contributed by atoms with Crippen LogP contribution in [0, 0.1) is 11.7 Å². The third-order valence-electron chi connectivity index (χ3n) is 3.80. The van der Waals surface area contributed by atoms with Gasteiger partial charge in [-0.2, -0.15) is 0 Å². The molecule has 2 unspecified atom stereocenters. The molecule has 5 N–H and O–H groups in total. The Kier molecular flexibility index (Phi) is 4.92. The third-order valence-corrected chi connectivity index (χ3v) is 3.80. The van der Waals surface area contributed by atoms with Gasteiger partial charge in [-0.3, -0.25) is 0 Å². The summed E-state index contributed by atoms with van der Waals surface area (Å²) in [5.41, 5.74) is 5.97. The molecule has 1 aliphatic rings. The number of nitrogens with one attached hydrogen (secondary N) is 1. The van der Waals surface area contributed by atoms with Crippen molar-refractivity contribution < 1.29 is 14.7 Å². The van der Waals surface area contributed by atoms with E-state index >= 15 is 0 Å². The van der Waals surface area contributed by atoms with Gasteiger partial charge in [0.05, 0.1) is 11.7 Å². The molecule has 1 fully saturated rings. The maximum atomic E-state index is 14.1. The molecule has 2 atom stereocenters. The van der Waals surface area contributed by atoms with Crippen molar-refractivity contribution in [3.63, 3.8) is 0 Å². The van der Waals surface area contributed by atoms with Gasteiger partial charge >= 0.3 is 0 Å². The van der Waals surface area contributed by atoms with E-state index in [1.165, 1.54) is 6.07 Å². The lowest BCUT2D eigenvalue weighted by atomic mass is 10.1. The zero-order valence-corrected chi connectivity index (χ0v) is 11.2. The van der Waals surface area contributed by atoms with Crippen molar-refractivity contribution >= 4 is 5.84 Å². The Balaban J connectivity index is 1.96. The Bertz CT molecular complexity index is 493. The number of oxime groups is 1. The average molecular weight is 281 g/mol. The SMILES string of the molecule is N/C(=N/O)c1cccc(CNCC2CCCC2O)c1F. The molecule has 0 heterocycles. The van der Waals surface area contributed by atoms with E-state index in [9.17, 15) is 9.50 Å². The molecule has 1 aromatic rings. The molecule has 1 saturated carbocycles. The standard InChI is InChI=1S/C14H20FN3O2/c15-13-10(4-1-5-11(13)14(16)18-20)8-17-7-9-3-2-6-12(9)19/h1,4-5,9,12,17,19-20H,2-3,6-8H2,(H2,16,18). The highest BCUT2D eigenvalue weighted by molar-refractivity contribution is 5.97. The van der Waals surface area contributed by atoms with Crippen LogP contribution in [0.4, 0.5) is 4.39 Å². The molecular formula is C14H20FN3O2. The number of halogens is 1. The van der Waals surface area contributed by atoms with Crippen LogP contribution in [0.2, 0.25) is 0 Å². The lowest BCUT2D eigenvalue weighted by Crippen LogP contribution is -2.28. The number of rotatable bonds is 5. The molecule has 0 saturated heterocycles. The van der Waals surface area contributed by atoms with Crippen LogP contribution < -0.4 is 11.1 Å². The quantitative estimate of drug-likeness (QED) is 0.282. The second-order valence-corrected chi connectivity index (χ2v) is 5.15. The number of hydrogen-bond donors (Lipinski definition) is 4. The first kappa shape index (κ1) is 14.7. The van der Waals surface area contributed by atoms with Gasteiger partial charge in [-0.25, -0.2) is 4.39 Å². The van der Waals surface area contributed by atoms with Crippen LogP contribution in [0.5, 0.6) is 0 Å². The summed E-state index contributed by atoms with van der Waals surface area (Å²) in [7, 11) is 0. The molecule has 1 aromatic carbocycles. The number of nitrogens with zero attached hydrogens (tertiary/aromatic N) is 1. The summed E-state index contributed by atoms with van der Waals surface area (Å²) in [6.07, 6.45) is 2.64. The lowest BCUT2D eigenvalue weighted by Gasteiger charge is -2.15. The minimum atomic E-state index is -0.484. The molecule has 20 heavy (non-hydrogen) atoms. The number of benzene rings is 1. The topological polar surface area (TPSA) is 90.9 Å². The maximum Gasteiger partial charge on any atom is 0.173 e. The van der Waals surface area contributed by atoms with Crippen LogP contribution in [0.25, 0.3) is 0 Å². The molecule has 0 radical (unpaired) electrons. The lowest BCUT2D eigenvalue weighted by molar-refractivity contribution is 0.131. The van der Waals surface area contributed by atoms with Crippen molar-refractivity contribution in [2.75, 3.05) is 6.54 Å². The highest BCUT2D eigenvalue weighted by Crippen LogP contribution is 2.24. The van der Waals surface area contributed by atoms with Crippen molar-refractivity contribution in [3.05, 3.63) is 35.1 Å². The van der Waals surface area contributed by atoms with Crippen molar-refractivity contribution in [3.8, 4) is 0 Å². The van der Waals surface area contributed by atoms with Crippen molar-refractivity contribution in [2.24, 2.45) is 16.8 Å². The molecule has 5 nitrogen and oxygen atoms in total. The Labute approximate surface area is 117 Å². The number of aliphatic hydroxyl groups excluding tert-OH is 1. The summed E-state index contributed by atoms with van der Waals surface area (Å²) in [6.45, 7) is 1.01. The number of amidine groups is 1. The van der Waals surface area contributed by atoms with Crippen molar-refractivity contribution in [1.82, 2.24) is 5.32 Å². The molecule has 0 spiro atoms. The van der Waals surface area contributed by atoms with Crippen LogP contribution in [0.3, 0.4) is 0 Å². The zero-order chi connectivity index (χ0) is 14.5. The van der Waals surface area contributed by atoms with E-state index in [4.69, 9.17) is 10.9 Å². The Morgan fingerprint density at radius 2 is 2.25 bits per heavy atom. The van der Waals surface area contributed by atoms with Crippen molar-refractivity contribution in [1.29, 1.82) is 0 Å². The summed E-state index contributed by atoms with van der Waals surface area (Å²) in [5.74, 6) is -0.483. The van der Waals surface area contributed by atoms with E-state index in [1.54, 1.807) is 12.1 Å². The summed E-state index contributed by atoms with van der Waals surface area (Å²) < 4.78 is 14.1. The zero-order valence-electron chi connectivity index (χ0n) is 11.2. The second kappa shape index (κ2) is 6.67. The predicted molar refractivity (Wildman–Crippen MR) is 74.0 cm³/mol. The summed E-state index contributed by atoms with van der Waals surface area (Å²) in [5, 5.41) is 24.3. The summed E-state index contributed by atoms with van der Waals surface area (Å²) in [4.78, 5) is 0. The van der Waals surface area contributed by atoms with Crippen LogP contribution in [0.15, 0.2) is 23.4 Å². The van der Waals surface area contributed by atoms with E-state index in [0.29, 0.717) is 18.7 Å². The Hall–Kier alpha value is -1.66. The molecule has 2 rings (SSSR count). The van der Waals surface area contributed by atoms with Gasteiger partial charge in [0, 0.05) is 18.7 Å². The minimum absolute atomic E-state index is 0.0905. The van der Waals surface area contributed by atoms with Gasteiger partial charge < -0.3 is 21.4 Å². The first-order valence-electron chi connectivity index (χ1n) is 6.77. The number of aliphatic hydroxyl groups is 1. The van der Waals surface area contributed by atoms with Gasteiger partial charge in [0.15, 0.2) is 5.84 Å². The predicted octanol–water partition coefficient (Wildman–Crippen LogP) is 1.17. The van der Waals surface area contributed by atoms with E-state index in [0.717, 1.165) is 19.3 Å². The fourth-order valence-corrected chi connectivity index (χ4v) is 2.62. The van der Waals surface area contributed by atoms with Crippen LogP contribution in [0.1, 0.15) is 30.4 Å². The fraction of sp³-hybridized carbons (Fsp3) is 0.500. The van der Waals surface area contributed by atoms with Gasteiger partial charge in [-0.05, 0) is 24.8 Å². The molecular weight excluding hydrogens is 261 g/mol. The molecule has 6 heteroatoms. The van der Waals surface area contributed by atoms with Crippen molar-refractivity contribution in [2.45, 2.75) is 31.9 Å². The molecule has 0 aliphatic heterocycles.